The molecule has 1 N–H and O–H groups in total. The number of carbonyl (C=O) groups is 1. The Bertz CT molecular complexity index is 877. The lowest BCUT2D eigenvalue weighted by atomic mass is 9.75. The molecule has 1 aromatic heterocycles. The fourth-order valence-corrected chi connectivity index (χ4v) is 5.59. The summed E-state index contributed by atoms with van der Waals surface area (Å²) in [5.74, 6) is 2.22. The van der Waals surface area contributed by atoms with E-state index in [1.165, 1.54) is 11.6 Å². The first-order valence-corrected chi connectivity index (χ1v) is 10.6. The molecule has 0 radical (unpaired) electrons. The third kappa shape index (κ3) is 3.42. The summed E-state index contributed by atoms with van der Waals surface area (Å²) >= 11 is 0. The predicted molar refractivity (Wildman–Crippen MR) is 110 cm³/mol. The number of hydrogen-bond donors (Lipinski definition) is 1. The second-order valence-corrected chi connectivity index (χ2v) is 9.77. The Hall–Kier alpha value is -1.97. The quantitative estimate of drug-likeness (QED) is 0.764. The number of amides is 1. The number of carbonyl (C=O) groups excluding carboxylic acids is 1. The van der Waals surface area contributed by atoms with Crippen molar-refractivity contribution in [2.45, 2.75) is 65.3 Å². The minimum Gasteiger partial charge on any atom is -0.353 e. The van der Waals surface area contributed by atoms with Gasteiger partial charge in [-0.3, -0.25) is 9.78 Å². The number of hydrogen-bond acceptors (Lipinski definition) is 2. The summed E-state index contributed by atoms with van der Waals surface area (Å²) in [6, 6.07) is 7.14. The average Bonchev–Trinajstić information content (AvgIpc) is 3.20. The summed E-state index contributed by atoms with van der Waals surface area (Å²) < 4.78 is 13.8. The number of halogens is 1. The van der Waals surface area contributed by atoms with Crippen molar-refractivity contribution in [2.24, 2.45) is 23.2 Å². The first-order chi connectivity index (χ1) is 13.3. The van der Waals surface area contributed by atoms with Crippen molar-refractivity contribution in [3.05, 3.63) is 41.8 Å². The largest absolute Gasteiger partial charge is 0.353 e. The molecule has 150 valence electrons. The Labute approximate surface area is 167 Å². The third-order valence-electron chi connectivity index (χ3n) is 7.22. The fraction of sp³-hybridized carbons (Fsp3) is 0.583. The van der Waals surface area contributed by atoms with E-state index in [1.54, 1.807) is 12.1 Å². The van der Waals surface area contributed by atoms with Crippen molar-refractivity contribution in [3.8, 4) is 0 Å². The van der Waals surface area contributed by atoms with Gasteiger partial charge in [-0.1, -0.05) is 13.8 Å². The molecule has 2 saturated carbocycles. The zero-order chi connectivity index (χ0) is 20.1. The van der Waals surface area contributed by atoms with Crippen LogP contribution in [0, 0.1) is 29.0 Å². The number of fused-ring (bicyclic) bond motifs is 2. The van der Waals surface area contributed by atoms with E-state index >= 15 is 0 Å². The Morgan fingerprint density at radius 1 is 1.14 bits per heavy atom. The van der Waals surface area contributed by atoms with E-state index in [1.807, 2.05) is 20.0 Å². The number of benzene rings is 1. The van der Waals surface area contributed by atoms with E-state index < -0.39 is 0 Å². The number of pyridine rings is 1. The molecule has 0 saturated heterocycles. The van der Waals surface area contributed by atoms with Crippen LogP contribution in [0.1, 0.15) is 64.9 Å². The van der Waals surface area contributed by atoms with Crippen molar-refractivity contribution in [1.29, 1.82) is 0 Å². The lowest BCUT2D eigenvalue weighted by molar-refractivity contribution is -0.132. The molecule has 2 unspecified atom stereocenters. The molecule has 0 bridgehead atoms. The molecule has 2 fully saturated rings. The van der Waals surface area contributed by atoms with E-state index in [4.69, 9.17) is 0 Å². The molecule has 1 aromatic carbocycles. The maximum absolute atomic E-state index is 13.8. The van der Waals surface area contributed by atoms with Crippen molar-refractivity contribution in [2.75, 3.05) is 0 Å². The minimum absolute atomic E-state index is 0.178. The van der Waals surface area contributed by atoms with Crippen LogP contribution in [0.4, 0.5) is 4.39 Å². The Morgan fingerprint density at radius 3 is 2.46 bits per heavy atom. The standard InChI is InChI=1S/C24H31FN2O/c1-14(2)27-23(28)24(3,4)18-11-15-9-17(10-16(15)12-18)20-7-8-26-22-6-5-19(25)13-21(20)22/h5-8,13-18H,9-12H2,1-4H3,(H,27,28)/t15-,16+,17?,18?. The van der Waals surface area contributed by atoms with Gasteiger partial charge in [-0.25, -0.2) is 4.39 Å². The topological polar surface area (TPSA) is 42.0 Å². The Morgan fingerprint density at radius 2 is 1.82 bits per heavy atom. The number of rotatable bonds is 4. The highest BCUT2D eigenvalue weighted by atomic mass is 19.1. The highest BCUT2D eigenvalue weighted by Crippen LogP contribution is 2.56. The summed E-state index contributed by atoms with van der Waals surface area (Å²) in [4.78, 5) is 17.1. The molecule has 2 aromatic rings. The molecule has 0 aliphatic heterocycles. The molecule has 4 heteroatoms. The maximum Gasteiger partial charge on any atom is 0.226 e. The van der Waals surface area contributed by atoms with Crippen LogP contribution in [0.5, 0.6) is 0 Å². The minimum atomic E-state index is -0.323. The van der Waals surface area contributed by atoms with Crippen molar-refractivity contribution >= 4 is 16.8 Å². The molecular formula is C24H31FN2O. The molecule has 1 amide bonds. The number of nitrogens with zero attached hydrogens (tertiary/aromatic N) is 1. The summed E-state index contributed by atoms with van der Waals surface area (Å²) in [5, 5.41) is 4.06. The van der Waals surface area contributed by atoms with Crippen molar-refractivity contribution in [3.63, 3.8) is 0 Å². The van der Waals surface area contributed by atoms with Gasteiger partial charge in [0.25, 0.3) is 0 Å². The van der Waals surface area contributed by atoms with Gasteiger partial charge < -0.3 is 5.32 Å². The predicted octanol–water partition coefficient (Wildman–Crippen LogP) is 5.44. The van der Waals surface area contributed by atoms with Crippen LogP contribution in [0.2, 0.25) is 0 Å². The molecule has 3 nitrogen and oxygen atoms in total. The van der Waals surface area contributed by atoms with Crippen LogP contribution in [-0.4, -0.2) is 16.9 Å². The van der Waals surface area contributed by atoms with Crippen molar-refractivity contribution in [1.82, 2.24) is 10.3 Å². The van der Waals surface area contributed by atoms with Crippen LogP contribution in [0.3, 0.4) is 0 Å². The monoisotopic (exact) mass is 382 g/mol. The van der Waals surface area contributed by atoms with Crippen LogP contribution < -0.4 is 5.32 Å². The van der Waals surface area contributed by atoms with E-state index in [2.05, 4.69) is 30.2 Å². The molecule has 2 aliphatic rings. The van der Waals surface area contributed by atoms with E-state index in [0.717, 1.165) is 36.6 Å². The smallest absolute Gasteiger partial charge is 0.226 e. The first-order valence-electron chi connectivity index (χ1n) is 10.6. The van der Waals surface area contributed by atoms with Crippen molar-refractivity contribution < 1.29 is 9.18 Å². The summed E-state index contributed by atoms with van der Waals surface area (Å²) in [5.41, 5.74) is 1.80. The first kappa shape index (κ1) is 19.4. The van der Waals surface area contributed by atoms with Gasteiger partial charge in [0.1, 0.15) is 5.82 Å². The van der Waals surface area contributed by atoms with Crippen LogP contribution in [0.15, 0.2) is 30.5 Å². The zero-order valence-corrected chi connectivity index (χ0v) is 17.3. The van der Waals surface area contributed by atoms with Gasteiger partial charge >= 0.3 is 0 Å². The Kier molecular flexibility index (Phi) is 4.93. The molecule has 28 heavy (non-hydrogen) atoms. The van der Waals surface area contributed by atoms with Crippen LogP contribution in [0.25, 0.3) is 10.9 Å². The SMILES string of the molecule is CC(C)NC(=O)C(C)(C)C1C[C@H]2CC(c3ccnc4ccc(F)cc34)C[C@H]2C1. The molecule has 4 rings (SSSR count). The van der Waals surface area contributed by atoms with Gasteiger partial charge in [-0.05, 0) is 93.0 Å². The van der Waals surface area contributed by atoms with Gasteiger partial charge in [-0.2, -0.15) is 0 Å². The molecule has 0 spiro atoms. The number of nitrogens with one attached hydrogen (secondary N) is 1. The van der Waals surface area contributed by atoms with Gasteiger partial charge in [0, 0.05) is 23.0 Å². The fourth-order valence-electron chi connectivity index (χ4n) is 5.59. The molecule has 1 heterocycles. The van der Waals surface area contributed by atoms with Gasteiger partial charge in [0.05, 0.1) is 5.52 Å². The lowest BCUT2D eigenvalue weighted by Crippen LogP contribution is -2.44. The molecule has 2 aliphatic carbocycles. The zero-order valence-electron chi connectivity index (χ0n) is 17.3. The lowest BCUT2D eigenvalue weighted by Gasteiger charge is -2.32. The average molecular weight is 383 g/mol. The second-order valence-electron chi connectivity index (χ2n) is 9.77. The number of aromatic nitrogens is 1. The highest BCUT2D eigenvalue weighted by molar-refractivity contribution is 5.83. The highest BCUT2D eigenvalue weighted by Gasteiger charge is 2.48. The summed E-state index contributed by atoms with van der Waals surface area (Å²) in [7, 11) is 0. The van der Waals surface area contributed by atoms with E-state index in [0.29, 0.717) is 23.7 Å². The van der Waals surface area contributed by atoms with E-state index in [-0.39, 0.29) is 23.2 Å². The van der Waals surface area contributed by atoms with Gasteiger partial charge in [0.15, 0.2) is 0 Å². The van der Waals surface area contributed by atoms with E-state index in [9.17, 15) is 9.18 Å². The second kappa shape index (κ2) is 7.13. The summed E-state index contributed by atoms with van der Waals surface area (Å²) in [6.45, 7) is 8.24. The third-order valence-corrected chi connectivity index (χ3v) is 7.22. The van der Waals surface area contributed by atoms with Gasteiger partial charge in [0.2, 0.25) is 5.91 Å². The Balaban J connectivity index is 1.49. The van der Waals surface area contributed by atoms with Gasteiger partial charge in [-0.15, -0.1) is 0 Å². The molecular weight excluding hydrogens is 351 g/mol. The summed E-state index contributed by atoms with van der Waals surface area (Å²) in [6.07, 6.45) is 6.37. The normalized spacial score (nSPS) is 27.4. The van der Waals surface area contributed by atoms with Crippen LogP contribution >= 0.6 is 0 Å². The molecule has 4 atom stereocenters. The van der Waals surface area contributed by atoms with Crippen LogP contribution in [-0.2, 0) is 4.79 Å². The maximum atomic E-state index is 13.8.